The maximum absolute atomic E-state index is 11.6. The van der Waals surface area contributed by atoms with Crippen LogP contribution < -0.4 is 10.6 Å². The van der Waals surface area contributed by atoms with Crippen LogP contribution in [-0.2, 0) is 0 Å². The fraction of sp³-hybridized carbons (Fsp3) is 0.400. The zero-order valence-electron chi connectivity index (χ0n) is 8.50. The van der Waals surface area contributed by atoms with Crippen molar-refractivity contribution in [1.82, 2.24) is 10.3 Å². The van der Waals surface area contributed by atoms with Gasteiger partial charge in [0.25, 0.3) is 5.91 Å². The molecule has 0 atom stereocenters. The summed E-state index contributed by atoms with van der Waals surface area (Å²) in [5.41, 5.74) is 1.39. The van der Waals surface area contributed by atoms with Crippen molar-refractivity contribution < 1.29 is 4.79 Å². The van der Waals surface area contributed by atoms with Gasteiger partial charge < -0.3 is 10.6 Å². The zero-order valence-corrected chi connectivity index (χ0v) is 8.50. The SMILES string of the molecule is CCCNC(=O)c1ccncc1NC. The Balaban J connectivity index is 2.78. The van der Waals surface area contributed by atoms with Crippen LogP contribution in [0.4, 0.5) is 5.69 Å². The summed E-state index contributed by atoms with van der Waals surface area (Å²) in [6.07, 6.45) is 4.19. The fourth-order valence-corrected chi connectivity index (χ4v) is 1.13. The topological polar surface area (TPSA) is 54.0 Å². The largest absolute Gasteiger partial charge is 0.386 e. The summed E-state index contributed by atoms with van der Waals surface area (Å²) in [6.45, 7) is 2.72. The van der Waals surface area contributed by atoms with Gasteiger partial charge in [0, 0.05) is 19.8 Å². The number of anilines is 1. The van der Waals surface area contributed by atoms with Crippen molar-refractivity contribution in [2.75, 3.05) is 18.9 Å². The molecule has 4 nitrogen and oxygen atoms in total. The number of rotatable bonds is 4. The van der Waals surface area contributed by atoms with Crippen molar-refractivity contribution in [3.63, 3.8) is 0 Å². The van der Waals surface area contributed by atoms with Crippen LogP contribution in [0.15, 0.2) is 18.5 Å². The first-order chi connectivity index (χ1) is 6.79. The van der Waals surface area contributed by atoms with Crippen LogP contribution in [0.3, 0.4) is 0 Å². The summed E-state index contributed by atoms with van der Waals surface area (Å²) in [7, 11) is 1.77. The first-order valence-electron chi connectivity index (χ1n) is 4.69. The summed E-state index contributed by atoms with van der Waals surface area (Å²) in [4.78, 5) is 15.5. The van der Waals surface area contributed by atoms with Gasteiger partial charge in [-0.15, -0.1) is 0 Å². The molecule has 14 heavy (non-hydrogen) atoms. The first-order valence-corrected chi connectivity index (χ1v) is 4.69. The number of hydrogen-bond acceptors (Lipinski definition) is 3. The van der Waals surface area contributed by atoms with Crippen molar-refractivity contribution in [3.05, 3.63) is 24.0 Å². The smallest absolute Gasteiger partial charge is 0.253 e. The van der Waals surface area contributed by atoms with Crippen LogP contribution in [0, 0.1) is 0 Å². The third-order valence-corrected chi connectivity index (χ3v) is 1.87. The molecule has 1 aromatic rings. The maximum atomic E-state index is 11.6. The maximum Gasteiger partial charge on any atom is 0.253 e. The van der Waals surface area contributed by atoms with E-state index in [-0.39, 0.29) is 5.91 Å². The standard InChI is InChI=1S/C10H15N3O/c1-3-5-13-10(14)8-4-6-12-7-9(8)11-2/h4,6-7,11H,3,5H2,1-2H3,(H,13,14). The van der Waals surface area contributed by atoms with Gasteiger partial charge in [0.1, 0.15) is 0 Å². The van der Waals surface area contributed by atoms with Crippen molar-refractivity contribution in [1.29, 1.82) is 0 Å². The van der Waals surface area contributed by atoms with Gasteiger partial charge in [0.15, 0.2) is 0 Å². The van der Waals surface area contributed by atoms with Crippen molar-refractivity contribution in [2.24, 2.45) is 0 Å². The highest BCUT2D eigenvalue weighted by Gasteiger charge is 2.08. The lowest BCUT2D eigenvalue weighted by molar-refractivity contribution is 0.0954. The van der Waals surface area contributed by atoms with Crippen LogP contribution >= 0.6 is 0 Å². The molecule has 0 bridgehead atoms. The number of hydrogen-bond donors (Lipinski definition) is 2. The predicted octanol–water partition coefficient (Wildman–Crippen LogP) is 1.26. The van der Waals surface area contributed by atoms with Crippen molar-refractivity contribution >= 4 is 11.6 Å². The zero-order chi connectivity index (χ0) is 10.4. The fourth-order valence-electron chi connectivity index (χ4n) is 1.13. The van der Waals surface area contributed by atoms with Gasteiger partial charge in [-0.25, -0.2) is 0 Å². The number of carbonyl (C=O) groups excluding carboxylic acids is 1. The summed E-state index contributed by atoms with van der Waals surface area (Å²) >= 11 is 0. The molecule has 0 aromatic carbocycles. The molecule has 0 fully saturated rings. The Bertz CT molecular complexity index is 312. The van der Waals surface area contributed by atoms with E-state index >= 15 is 0 Å². The molecule has 0 unspecified atom stereocenters. The minimum absolute atomic E-state index is 0.0569. The Morgan fingerprint density at radius 1 is 1.57 bits per heavy atom. The molecule has 0 aliphatic rings. The second-order valence-electron chi connectivity index (χ2n) is 2.93. The van der Waals surface area contributed by atoms with E-state index in [1.807, 2.05) is 6.92 Å². The van der Waals surface area contributed by atoms with Gasteiger partial charge in [0.2, 0.25) is 0 Å². The summed E-state index contributed by atoms with van der Waals surface area (Å²) in [6, 6.07) is 1.71. The molecule has 76 valence electrons. The molecule has 1 aromatic heterocycles. The van der Waals surface area contributed by atoms with Crippen LogP contribution in [-0.4, -0.2) is 24.5 Å². The lowest BCUT2D eigenvalue weighted by Crippen LogP contribution is -2.24. The lowest BCUT2D eigenvalue weighted by atomic mass is 10.2. The second-order valence-corrected chi connectivity index (χ2v) is 2.93. The van der Waals surface area contributed by atoms with Crippen LogP contribution in [0.25, 0.3) is 0 Å². The Morgan fingerprint density at radius 2 is 2.36 bits per heavy atom. The van der Waals surface area contributed by atoms with Crippen LogP contribution in [0.2, 0.25) is 0 Å². The highest BCUT2D eigenvalue weighted by Crippen LogP contribution is 2.11. The van der Waals surface area contributed by atoms with Gasteiger partial charge in [-0.1, -0.05) is 6.92 Å². The van der Waals surface area contributed by atoms with Gasteiger partial charge in [-0.05, 0) is 12.5 Å². The number of carbonyl (C=O) groups is 1. The minimum atomic E-state index is -0.0569. The van der Waals surface area contributed by atoms with Gasteiger partial charge in [-0.2, -0.15) is 0 Å². The highest BCUT2D eigenvalue weighted by molar-refractivity contribution is 5.99. The molecule has 0 aliphatic carbocycles. The predicted molar refractivity (Wildman–Crippen MR) is 56.4 cm³/mol. The lowest BCUT2D eigenvalue weighted by Gasteiger charge is -2.07. The van der Waals surface area contributed by atoms with Crippen molar-refractivity contribution in [3.8, 4) is 0 Å². The molecule has 0 spiro atoms. The van der Waals surface area contributed by atoms with E-state index in [9.17, 15) is 4.79 Å². The van der Waals surface area contributed by atoms with E-state index in [0.29, 0.717) is 12.1 Å². The first kappa shape index (κ1) is 10.5. The Morgan fingerprint density at radius 3 is 3.00 bits per heavy atom. The third kappa shape index (κ3) is 2.45. The second kappa shape index (κ2) is 5.21. The monoisotopic (exact) mass is 193 g/mol. The Kier molecular flexibility index (Phi) is 3.91. The van der Waals surface area contributed by atoms with E-state index in [2.05, 4.69) is 15.6 Å². The molecule has 0 aliphatic heterocycles. The van der Waals surface area contributed by atoms with E-state index in [4.69, 9.17) is 0 Å². The number of nitrogens with one attached hydrogen (secondary N) is 2. The minimum Gasteiger partial charge on any atom is -0.386 e. The summed E-state index contributed by atoms with van der Waals surface area (Å²) < 4.78 is 0. The summed E-state index contributed by atoms with van der Waals surface area (Å²) in [5.74, 6) is -0.0569. The number of pyridine rings is 1. The Hall–Kier alpha value is -1.58. The molecule has 0 saturated carbocycles. The number of nitrogens with zero attached hydrogens (tertiary/aromatic N) is 1. The van der Waals surface area contributed by atoms with E-state index in [0.717, 1.165) is 12.1 Å². The third-order valence-electron chi connectivity index (χ3n) is 1.87. The molecule has 0 saturated heterocycles. The van der Waals surface area contributed by atoms with E-state index in [1.165, 1.54) is 0 Å². The van der Waals surface area contributed by atoms with Gasteiger partial charge in [0.05, 0.1) is 17.4 Å². The average Bonchev–Trinajstić information content (AvgIpc) is 2.25. The molecule has 4 heteroatoms. The number of amides is 1. The Labute approximate surface area is 83.7 Å². The normalized spacial score (nSPS) is 9.57. The molecule has 1 amide bonds. The average molecular weight is 193 g/mol. The van der Waals surface area contributed by atoms with Crippen molar-refractivity contribution in [2.45, 2.75) is 13.3 Å². The summed E-state index contributed by atoms with van der Waals surface area (Å²) in [5, 5.41) is 5.75. The quantitative estimate of drug-likeness (QED) is 0.757. The number of aromatic nitrogens is 1. The molecule has 2 N–H and O–H groups in total. The van der Waals surface area contributed by atoms with Crippen LogP contribution in [0.1, 0.15) is 23.7 Å². The van der Waals surface area contributed by atoms with Gasteiger partial charge >= 0.3 is 0 Å². The molecular weight excluding hydrogens is 178 g/mol. The molecule has 1 heterocycles. The molecule has 0 radical (unpaired) electrons. The molecule has 1 rings (SSSR count). The molecular formula is C10H15N3O. The van der Waals surface area contributed by atoms with Crippen LogP contribution in [0.5, 0.6) is 0 Å². The van der Waals surface area contributed by atoms with E-state index < -0.39 is 0 Å². The highest BCUT2D eigenvalue weighted by atomic mass is 16.1. The van der Waals surface area contributed by atoms with Gasteiger partial charge in [-0.3, -0.25) is 9.78 Å². The van der Waals surface area contributed by atoms with E-state index in [1.54, 1.807) is 25.5 Å².